The zero-order chi connectivity index (χ0) is 15.8. The fourth-order valence-electron chi connectivity index (χ4n) is 3.01. The molecule has 0 saturated heterocycles. The molecule has 1 aromatic rings. The Morgan fingerprint density at radius 3 is 2.09 bits per heavy atom. The fraction of sp³-hybridized carbons (Fsp3) is 0.471. The largest absolute Gasteiger partial charge is 0.467 e. The van der Waals surface area contributed by atoms with Crippen molar-refractivity contribution in [3.63, 3.8) is 0 Å². The van der Waals surface area contributed by atoms with E-state index in [1.54, 1.807) is 26.2 Å². The summed E-state index contributed by atoms with van der Waals surface area (Å²) in [7, 11) is 3.49. The van der Waals surface area contributed by atoms with Gasteiger partial charge in [0, 0.05) is 51.2 Å². The molecule has 0 aromatic heterocycles. The van der Waals surface area contributed by atoms with Crippen LogP contribution in [0.15, 0.2) is 12.1 Å². The Bertz CT molecular complexity index is 601. The van der Waals surface area contributed by atoms with Crippen molar-refractivity contribution in [2.45, 2.75) is 38.6 Å². The van der Waals surface area contributed by atoms with Crippen LogP contribution in [0.4, 0.5) is 5.69 Å². The first-order chi connectivity index (χ1) is 9.71. The monoisotopic (exact) mass is 390 g/mol. The van der Waals surface area contributed by atoms with Gasteiger partial charge < -0.3 is 23.2 Å². The molecule has 0 aliphatic heterocycles. The molecule has 1 aliphatic rings. The van der Waals surface area contributed by atoms with Crippen LogP contribution in [0.5, 0.6) is 0 Å². The summed E-state index contributed by atoms with van der Waals surface area (Å²) in [6.45, 7) is 3.77. The smallest absolute Gasteiger partial charge is 0.285 e. The van der Waals surface area contributed by atoms with Crippen LogP contribution < -0.4 is 5.32 Å². The Balaban J connectivity index is 0.00000242. The van der Waals surface area contributed by atoms with Crippen molar-refractivity contribution in [2.24, 2.45) is 0 Å². The maximum Gasteiger partial charge on any atom is 0.285 e. The van der Waals surface area contributed by atoms with Crippen LogP contribution in [0.3, 0.4) is 0 Å². The second-order valence-corrected chi connectivity index (χ2v) is 6.39. The molecule has 123 valence electrons. The van der Waals surface area contributed by atoms with E-state index in [0.29, 0.717) is 5.56 Å². The molecule has 1 radical (unpaired) electrons. The molecule has 0 heterocycles. The van der Waals surface area contributed by atoms with Gasteiger partial charge in [-0.2, -0.15) is 5.26 Å². The molecule has 1 saturated carbocycles. The standard InChI is InChI=1S/C16H22N4O.CH3.Y/c1-11-8-13(10-17)9-12(2)14(11)19-15(21)16(6-5-7-16)20(3,4)18;;/h8-9,18H,5-7H2,1-4H3,(H,19,21);1H3;/q;-1;. The minimum atomic E-state index is -0.660. The second-order valence-electron chi connectivity index (χ2n) is 6.39. The number of rotatable bonds is 3. The van der Waals surface area contributed by atoms with Crippen molar-refractivity contribution in [1.29, 1.82) is 5.26 Å². The van der Waals surface area contributed by atoms with Gasteiger partial charge in [-0.3, -0.25) is 4.79 Å². The van der Waals surface area contributed by atoms with Crippen molar-refractivity contribution >= 4 is 11.6 Å². The number of nitrogens with zero attached hydrogens (tertiary/aromatic N) is 2. The van der Waals surface area contributed by atoms with Gasteiger partial charge in [-0.1, -0.05) is 0 Å². The first-order valence-electron chi connectivity index (χ1n) is 7.13. The number of quaternary nitrogens is 1. The summed E-state index contributed by atoms with van der Waals surface area (Å²) in [5, 5.41) is 12.0. The molecular formula is C17H25N4OY-. The van der Waals surface area contributed by atoms with Crippen LogP contribution in [0.2, 0.25) is 0 Å². The average Bonchev–Trinajstić information content (AvgIpc) is 2.29. The average molecular weight is 390 g/mol. The third-order valence-electron chi connectivity index (χ3n) is 4.57. The second kappa shape index (κ2) is 7.85. The molecule has 5 nitrogen and oxygen atoms in total. The first-order valence-corrected chi connectivity index (χ1v) is 7.13. The molecule has 6 heteroatoms. The van der Waals surface area contributed by atoms with Gasteiger partial charge in [0.2, 0.25) is 0 Å². The molecular weight excluding hydrogens is 365 g/mol. The first kappa shape index (κ1) is 22.2. The summed E-state index contributed by atoms with van der Waals surface area (Å²) in [5.74, 6) is 8.15. The van der Waals surface area contributed by atoms with Crippen LogP contribution in [-0.2, 0) is 37.5 Å². The molecule has 0 spiro atoms. The Kier molecular flexibility index (Phi) is 7.58. The van der Waals surface area contributed by atoms with Crippen molar-refractivity contribution in [3.05, 3.63) is 42.1 Å². The molecule has 2 rings (SSSR count). The minimum absolute atomic E-state index is 0. The predicted molar refractivity (Wildman–Crippen MR) is 88.7 cm³/mol. The number of hydrogen-bond donors (Lipinski definition) is 1. The zero-order valence-electron chi connectivity index (χ0n) is 14.7. The molecule has 1 fully saturated rings. The van der Waals surface area contributed by atoms with Crippen LogP contribution in [-0.4, -0.2) is 30.1 Å². The van der Waals surface area contributed by atoms with E-state index < -0.39 is 5.54 Å². The van der Waals surface area contributed by atoms with Crippen LogP contribution in [0, 0.1) is 32.6 Å². The van der Waals surface area contributed by atoms with Crippen molar-refractivity contribution < 1.29 is 42.1 Å². The molecule has 1 amide bonds. The van der Waals surface area contributed by atoms with Gasteiger partial charge in [0.25, 0.3) is 5.91 Å². The van der Waals surface area contributed by atoms with E-state index >= 15 is 0 Å². The van der Waals surface area contributed by atoms with Gasteiger partial charge in [-0.25, -0.2) is 0 Å². The molecule has 0 bridgehead atoms. The molecule has 23 heavy (non-hydrogen) atoms. The molecule has 1 aliphatic carbocycles. The summed E-state index contributed by atoms with van der Waals surface area (Å²) in [6.07, 6.45) is 2.47. The van der Waals surface area contributed by atoms with Gasteiger partial charge in [0.15, 0.2) is 5.54 Å². The summed E-state index contributed by atoms with van der Waals surface area (Å²) < 4.78 is -0.104. The number of anilines is 1. The number of carbonyl (C=O) groups is 1. The van der Waals surface area contributed by atoms with Gasteiger partial charge in [0.05, 0.1) is 25.7 Å². The summed E-state index contributed by atoms with van der Waals surface area (Å²) in [4.78, 5) is 12.7. The van der Waals surface area contributed by atoms with Crippen LogP contribution in [0.1, 0.15) is 36.0 Å². The van der Waals surface area contributed by atoms with E-state index in [4.69, 9.17) is 11.1 Å². The van der Waals surface area contributed by atoms with Crippen LogP contribution in [0.25, 0.3) is 5.84 Å². The van der Waals surface area contributed by atoms with Gasteiger partial charge >= 0.3 is 0 Å². The Hall–Kier alpha value is -0.796. The fourth-order valence-corrected chi connectivity index (χ4v) is 3.01. The Morgan fingerprint density at radius 2 is 1.78 bits per heavy atom. The van der Waals surface area contributed by atoms with Crippen molar-refractivity contribution in [2.75, 3.05) is 19.4 Å². The molecule has 0 unspecified atom stereocenters. The maximum absolute atomic E-state index is 12.7. The van der Waals surface area contributed by atoms with E-state index in [9.17, 15) is 4.79 Å². The van der Waals surface area contributed by atoms with Gasteiger partial charge in [-0.05, 0) is 43.5 Å². The Labute approximate surface area is 164 Å². The SMILES string of the molecule is Cc1cc(C#N)cc(C)c1NC(=O)C1([N+](C)(C)[NH-])CCC1.[CH3-].[Y]. The van der Waals surface area contributed by atoms with Gasteiger partial charge in [-0.15, -0.1) is 0 Å². The van der Waals surface area contributed by atoms with Crippen molar-refractivity contribution in [3.8, 4) is 6.07 Å². The maximum atomic E-state index is 12.7. The number of nitriles is 1. The summed E-state index contributed by atoms with van der Waals surface area (Å²) >= 11 is 0. The number of benzene rings is 1. The van der Waals surface area contributed by atoms with E-state index in [1.165, 1.54) is 0 Å². The normalized spacial score (nSPS) is 15.3. The number of likely N-dealkylation sites (N-methyl/N-ethyl adjacent to an activating group) is 1. The summed E-state index contributed by atoms with van der Waals surface area (Å²) in [5.41, 5.74) is 2.46. The van der Waals surface area contributed by atoms with E-state index in [1.807, 2.05) is 13.8 Å². The third kappa shape index (κ3) is 4.00. The molecule has 1 aromatic carbocycles. The van der Waals surface area contributed by atoms with Crippen molar-refractivity contribution in [1.82, 2.24) is 0 Å². The number of nitrogens with one attached hydrogen (secondary N) is 2. The van der Waals surface area contributed by atoms with Gasteiger partial charge in [0.1, 0.15) is 0 Å². The van der Waals surface area contributed by atoms with E-state index in [0.717, 1.165) is 36.1 Å². The van der Waals surface area contributed by atoms with Crippen LogP contribution >= 0.6 is 0 Å². The molecule has 2 N–H and O–H groups in total. The minimum Gasteiger partial charge on any atom is -0.467 e. The molecule has 0 atom stereocenters. The number of aryl methyl sites for hydroxylation is 2. The van der Waals surface area contributed by atoms with E-state index in [-0.39, 0.29) is 50.6 Å². The Morgan fingerprint density at radius 1 is 1.30 bits per heavy atom. The summed E-state index contributed by atoms with van der Waals surface area (Å²) in [6, 6.07) is 5.67. The number of carbonyl (C=O) groups excluding carboxylic acids is 1. The quantitative estimate of drug-likeness (QED) is 0.487. The number of amides is 1. The number of hydrogen-bond acceptors (Lipinski definition) is 2. The topological polar surface area (TPSA) is 76.7 Å². The zero-order valence-corrected chi connectivity index (χ0v) is 17.5. The van der Waals surface area contributed by atoms with E-state index in [2.05, 4.69) is 11.4 Å². The third-order valence-corrected chi connectivity index (χ3v) is 4.57. The predicted octanol–water partition coefficient (Wildman–Crippen LogP) is 3.53.